The summed E-state index contributed by atoms with van der Waals surface area (Å²) in [5, 5.41) is 11.4. The normalized spacial score (nSPS) is 11.3. The van der Waals surface area contributed by atoms with Crippen LogP contribution in [0.5, 0.6) is 0 Å². The van der Waals surface area contributed by atoms with Gasteiger partial charge in [0.1, 0.15) is 0 Å². The molecule has 1 amide bonds. The van der Waals surface area contributed by atoms with E-state index in [2.05, 4.69) is 15.4 Å². The Hall–Kier alpha value is -3.58. The van der Waals surface area contributed by atoms with Gasteiger partial charge in [0.15, 0.2) is 5.65 Å². The zero-order chi connectivity index (χ0) is 20.7. The van der Waals surface area contributed by atoms with Gasteiger partial charge >= 0.3 is 0 Å². The van der Waals surface area contributed by atoms with Crippen molar-refractivity contribution in [3.05, 3.63) is 76.9 Å². The number of rotatable bonds is 4. The Morgan fingerprint density at radius 2 is 2.03 bits per heavy atom. The minimum atomic E-state index is -0.149. The first-order valence-corrected chi connectivity index (χ1v) is 10.5. The molecule has 0 spiro atoms. The molecule has 5 aromatic rings. The predicted octanol–water partition coefficient (Wildman–Crippen LogP) is 4.48. The number of hydrogen-bond acceptors (Lipinski definition) is 5. The first-order valence-electron chi connectivity index (χ1n) is 9.61. The summed E-state index contributed by atoms with van der Waals surface area (Å²) >= 11 is 1.60. The van der Waals surface area contributed by atoms with Crippen molar-refractivity contribution in [2.75, 3.05) is 0 Å². The molecule has 4 aromatic heterocycles. The molecule has 4 heterocycles. The molecule has 7 heteroatoms. The monoisotopic (exact) mass is 413 g/mol. The average molecular weight is 414 g/mol. The summed E-state index contributed by atoms with van der Waals surface area (Å²) in [4.78, 5) is 23.5. The van der Waals surface area contributed by atoms with Crippen molar-refractivity contribution in [3.8, 4) is 10.6 Å². The van der Waals surface area contributed by atoms with Gasteiger partial charge in [-0.05, 0) is 36.1 Å². The van der Waals surface area contributed by atoms with Crippen LogP contribution in [-0.4, -0.2) is 25.7 Å². The van der Waals surface area contributed by atoms with Crippen molar-refractivity contribution in [2.24, 2.45) is 7.05 Å². The standard InChI is InChI=1S/C23H19N5OS/c1-14-20-17(12-18(19-9-5-11-30-19)26-22(20)28(2)27-14)23(29)25-13-16-7-3-6-15-8-4-10-24-21(15)16/h3-12H,13H2,1-2H3,(H,25,29). The second-order valence-corrected chi connectivity index (χ2v) is 8.06. The Kier molecular flexibility index (Phi) is 4.52. The quantitative estimate of drug-likeness (QED) is 0.471. The number of aryl methyl sites for hydroxylation is 2. The Balaban J connectivity index is 1.54. The predicted molar refractivity (Wildman–Crippen MR) is 119 cm³/mol. The van der Waals surface area contributed by atoms with Crippen molar-refractivity contribution >= 4 is 39.2 Å². The molecule has 0 saturated heterocycles. The van der Waals surface area contributed by atoms with E-state index < -0.39 is 0 Å². The molecule has 30 heavy (non-hydrogen) atoms. The fourth-order valence-electron chi connectivity index (χ4n) is 3.76. The van der Waals surface area contributed by atoms with E-state index in [0.717, 1.165) is 38.1 Å². The van der Waals surface area contributed by atoms with Gasteiger partial charge in [-0.1, -0.05) is 30.3 Å². The molecule has 1 aromatic carbocycles. The van der Waals surface area contributed by atoms with Crippen LogP contribution in [0.15, 0.2) is 60.1 Å². The summed E-state index contributed by atoms with van der Waals surface area (Å²) in [5.41, 5.74) is 4.73. The molecule has 0 aliphatic heterocycles. The second-order valence-electron chi connectivity index (χ2n) is 7.11. The fourth-order valence-corrected chi connectivity index (χ4v) is 4.44. The number of aromatic nitrogens is 4. The third kappa shape index (κ3) is 3.13. The van der Waals surface area contributed by atoms with Crippen LogP contribution in [0.4, 0.5) is 0 Å². The lowest BCUT2D eigenvalue weighted by molar-refractivity contribution is 0.0952. The van der Waals surface area contributed by atoms with Gasteiger partial charge in [0.2, 0.25) is 0 Å². The number of hydrogen-bond donors (Lipinski definition) is 1. The van der Waals surface area contributed by atoms with Gasteiger partial charge in [-0.25, -0.2) is 4.98 Å². The number of para-hydroxylation sites is 1. The van der Waals surface area contributed by atoms with Gasteiger partial charge in [-0.15, -0.1) is 11.3 Å². The van der Waals surface area contributed by atoms with Gasteiger partial charge in [0, 0.05) is 25.2 Å². The lowest BCUT2D eigenvalue weighted by Gasteiger charge is -2.10. The van der Waals surface area contributed by atoms with E-state index in [9.17, 15) is 4.79 Å². The number of carbonyl (C=O) groups is 1. The summed E-state index contributed by atoms with van der Waals surface area (Å²) in [6.45, 7) is 2.30. The minimum absolute atomic E-state index is 0.149. The van der Waals surface area contributed by atoms with E-state index in [1.807, 2.05) is 67.9 Å². The molecule has 0 saturated carbocycles. The molecule has 0 aliphatic carbocycles. The van der Waals surface area contributed by atoms with E-state index >= 15 is 0 Å². The highest BCUT2D eigenvalue weighted by atomic mass is 32.1. The second kappa shape index (κ2) is 7.35. The molecule has 148 valence electrons. The van der Waals surface area contributed by atoms with Gasteiger partial charge in [0.25, 0.3) is 5.91 Å². The first kappa shape index (κ1) is 18.4. The van der Waals surface area contributed by atoms with Crippen molar-refractivity contribution in [1.82, 2.24) is 25.1 Å². The third-order valence-corrected chi connectivity index (χ3v) is 6.03. The number of carbonyl (C=O) groups excluding carboxylic acids is 1. The Morgan fingerprint density at radius 1 is 1.17 bits per heavy atom. The van der Waals surface area contributed by atoms with Crippen LogP contribution >= 0.6 is 11.3 Å². The molecule has 1 N–H and O–H groups in total. The van der Waals surface area contributed by atoms with E-state index in [1.165, 1.54) is 0 Å². The number of nitrogens with one attached hydrogen (secondary N) is 1. The zero-order valence-electron chi connectivity index (χ0n) is 16.6. The topological polar surface area (TPSA) is 72.7 Å². The zero-order valence-corrected chi connectivity index (χ0v) is 17.4. The lowest BCUT2D eigenvalue weighted by atomic mass is 10.1. The highest BCUT2D eigenvalue weighted by Gasteiger charge is 2.19. The number of pyridine rings is 2. The molecule has 5 rings (SSSR count). The first-order chi connectivity index (χ1) is 14.6. The number of benzene rings is 1. The molecule has 0 atom stereocenters. The van der Waals surface area contributed by atoms with Crippen LogP contribution in [0.2, 0.25) is 0 Å². The molecule has 6 nitrogen and oxygen atoms in total. The maximum atomic E-state index is 13.3. The van der Waals surface area contributed by atoms with Crippen LogP contribution in [0, 0.1) is 6.92 Å². The molecule has 0 unspecified atom stereocenters. The van der Waals surface area contributed by atoms with Gasteiger partial charge in [-0.2, -0.15) is 5.10 Å². The highest BCUT2D eigenvalue weighted by Crippen LogP contribution is 2.29. The van der Waals surface area contributed by atoms with E-state index in [0.29, 0.717) is 17.8 Å². The van der Waals surface area contributed by atoms with Gasteiger partial charge < -0.3 is 5.32 Å². The summed E-state index contributed by atoms with van der Waals surface area (Å²) in [5.74, 6) is -0.149. The number of fused-ring (bicyclic) bond motifs is 2. The van der Waals surface area contributed by atoms with Gasteiger partial charge in [0.05, 0.1) is 32.7 Å². The maximum Gasteiger partial charge on any atom is 0.252 e. The fraction of sp³-hybridized carbons (Fsp3) is 0.130. The molecule has 0 bridgehead atoms. The van der Waals surface area contributed by atoms with Crippen LogP contribution < -0.4 is 5.32 Å². The molecular formula is C23H19N5OS. The van der Waals surface area contributed by atoms with Gasteiger partial charge in [-0.3, -0.25) is 14.5 Å². The average Bonchev–Trinajstić information content (AvgIpc) is 3.40. The lowest BCUT2D eigenvalue weighted by Crippen LogP contribution is -2.23. The largest absolute Gasteiger partial charge is 0.348 e. The van der Waals surface area contributed by atoms with Crippen molar-refractivity contribution in [3.63, 3.8) is 0 Å². The highest BCUT2D eigenvalue weighted by molar-refractivity contribution is 7.13. The maximum absolute atomic E-state index is 13.3. The number of amides is 1. The SMILES string of the molecule is Cc1nn(C)c2nc(-c3cccs3)cc(C(=O)NCc3cccc4cccnc34)c12. The number of thiophene rings is 1. The molecule has 0 radical (unpaired) electrons. The van der Waals surface area contributed by atoms with E-state index in [-0.39, 0.29) is 5.91 Å². The van der Waals surface area contributed by atoms with E-state index in [1.54, 1.807) is 22.2 Å². The Bertz CT molecular complexity index is 1380. The Labute approximate surface area is 177 Å². The summed E-state index contributed by atoms with van der Waals surface area (Å²) in [6.07, 6.45) is 1.77. The molecule has 0 fully saturated rings. The minimum Gasteiger partial charge on any atom is -0.348 e. The van der Waals surface area contributed by atoms with E-state index in [4.69, 9.17) is 4.98 Å². The third-order valence-electron chi connectivity index (χ3n) is 5.14. The number of nitrogens with zero attached hydrogens (tertiary/aromatic N) is 4. The van der Waals surface area contributed by atoms with Crippen LogP contribution in [0.3, 0.4) is 0 Å². The van der Waals surface area contributed by atoms with Crippen molar-refractivity contribution in [1.29, 1.82) is 0 Å². The van der Waals surface area contributed by atoms with Crippen LogP contribution in [0.1, 0.15) is 21.6 Å². The molecular weight excluding hydrogens is 394 g/mol. The van der Waals surface area contributed by atoms with Crippen molar-refractivity contribution < 1.29 is 4.79 Å². The van der Waals surface area contributed by atoms with Crippen molar-refractivity contribution in [2.45, 2.75) is 13.5 Å². The smallest absolute Gasteiger partial charge is 0.252 e. The summed E-state index contributed by atoms with van der Waals surface area (Å²) in [7, 11) is 1.85. The van der Waals surface area contributed by atoms with Crippen LogP contribution in [0.25, 0.3) is 32.5 Å². The summed E-state index contributed by atoms with van der Waals surface area (Å²) in [6, 6.07) is 15.8. The molecule has 0 aliphatic rings. The summed E-state index contributed by atoms with van der Waals surface area (Å²) < 4.78 is 1.73. The van der Waals surface area contributed by atoms with Crippen LogP contribution in [-0.2, 0) is 13.6 Å². The Morgan fingerprint density at radius 3 is 2.87 bits per heavy atom.